The number of hydrogen-bond donors (Lipinski definition) is 1. The highest BCUT2D eigenvalue weighted by atomic mass is 15.2. The first-order valence-corrected chi connectivity index (χ1v) is 6.82. The molecule has 0 bridgehead atoms. The third-order valence-electron chi connectivity index (χ3n) is 3.78. The first-order valence-electron chi connectivity index (χ1n) is 6.82. The van der Waals surface area contributed by atoms with Crippen molar-refractivity contribution in [3.63, 3.8) is 0 Å². The summed E-state index contributed by atoms with van der Waals surface area (Å²) in [6.07, 6.45) is 1.19. The smallest absolute Gasteiger partial charge is 0.128 e. The van der Waals surface area contributed by atoms with E-state index in [1.807, 2.05) is 12.1 Å². The molecule has 1 atom stereocenters. The highest BCUT2D eigenvalue weighted by molar-refractivity contribution is 5.42. The monoisotopic (exact) mass is 253 g/mol. The van der Waals surface area contributed by atoms with Crippen LogP contribution in [0, 0.1) is 0 Å². The Morgan fingerprint density at radius 2 is 1.95 bits per heavy atom. The highest BCUT2D eigenvalue weighted by Crippen LogP contribution is 2.29. The molecule has 0 aliphatic carbocycles. The average molecular weight is 253 g/mol. The van der Waals surface area contributed by atoms with E-state index in [0.29, 0.717) is 12.5 Å². The molecule has 1 unspecified atom stereocenters. The first kappa shape index (κ1) is 12.2. The van der Waals surface area contributed by atoms with Gasteiger partial charge in [-0.15, -0.1) is 0 Å². The van der Waals surface area contributed by atoms with Crippen LogP contribution in [-0.4, -0.2) is 18.1 Å². The molecule has 1 aromatic heterocycles. The van der Waals surface area contributed by atoms with Gasteiger partial charge in [0.1, 0.15) is 5.82 Å². The minimum absolute atomic E-state index is 0.504. The second-order valence-corrected chi connectivity index (χ2v) is 5.03. The van der Waals surface area contributed by atoms with Gasteiger partial charge in [-0.05, 0) is 24.1 Å². The van der Waals surface area contributed by atoms with Gasteiger partial charge in [0.25, 0.3) is 0 Å². The van der Waals surface area contributed by atoms with Gasteiger partial charge in [0.15, 0.2) is 0 Å². The first-order chi connectivity index (χ1) is 9.36. The minimum Gasteiger partial charge on any atom is -0.356 e. The van der Waals surface area contributed by atoms with Crippen molar-refractivity contribution in [2.24, 2.45) is 5.73 Å². The van der Waals surface area contributed by atoms with Gasteiger partial charge in [-0.3, -0.25) is 0 Å². The Hall–Kier alpha value is -1.87. The Bertz CT molecular complexity index is 539. The quantitative estimate of drug-likeness (QED) is 0.914. The van der Waals surface area contributed by atoms with E-state index in [-0.39, 0.29) is 0 Å². The van der Waals surface area contributed by atoms with Crippen LogP contribution in [0.2, 0.25) is 0 Å². The number of nitrogens with two attached hydrogens (primary N) is 1. The molecular weight excluding hydrogens is 234 g/mol. The van der Waals surface area contributed by atoms with Crippen molar-refractivity contribution in [2.45, 2.75) is 18.9 Å². The van der Waals surface area contributed by atoms with Crippen LogP contribution in [0.5, 0.6) is 0 Å². The number of benzene rings is 1. The number of hydrogen-bond acceptors (Lipinski definition) is 3. The SMILES string of the molecule is NCc1cccc(N2CCC(c3ccccc3)C2)n1. The molecule has 0 saturated carbocycles. The zero-order chi connectivity index (χ0) is 13.1. The molecule has 1 saturated heterocycles. The van der Waals surface area contributed by atoms with Gasteiger partial charge in [0.05, 0.1) is 5.69 Å². The fourth-order valence-corrected chi connectivity index (χ4v) is 2.72. The summed E-state index contributed by atoms with van der Waals surface area (Å²) in [7, 11) is 0. The maximum atomic E-state index is 5.65. The Morgan fingerprint density at radius 3 is 2.74 bits per heavy atom. The van der Waals surface area contributed by atoms with Gasteiger partial charge in [-0.1, -0.05) is 36.4 Å². The van der Waals surface area contributed by atoms with E-state index in [4.69, 9.17) is 5.73 Å². The van der Waals surface area contributed by atoms with Crippen molar-refractivity contribution in [3.8, 4) is 0 Å². The van der Waals surface area contributed by atoms with Crippen molar-refractivity contribution >= 4 is 5.82 Å². The molecule has 1 aliphatic heterocycles. The molecule has 2 aromatic rings. The fourth-order valence-electron chi connectivity index (χ4n) is 2.72. The van der Waals surface area contributed by atoms with E-state index in [9.17, 15) is 0 Å². The second-order valence-electron chi connectivity index (χ2n) is 5.03. The van der Waals surface area contributed by atoms with E-state index in [0.717, 1.165) is 24.6 Å². The van der Waals surface area contributed by atoms with Crippen molar-refractivity contribution in [1.82, 2.24) is 4.98 Å². The third kappa shape index (κ3) is 2.61. The van der Waals surface area contributed by atoms with E-state index >= 15 is 0 Å². The molecule has 98 valence electrons. The van der Waals surface area contributed by atoms with Crippen LogP contribution in [0.15, 0.2) is 48.5 Å². The predicted molar refractivity (Wildman–Crippen MR) is 78.1 cm³/mol. The Labute approximate surface area is 114 Å². The molecule has 1 aliphatic rings. The summed E-state index contributed by atoms with van der Waals surface area (Å²) in [4.78, 5) is 6.96. The van der Waals surface area contributed by atoms with E-state index in [1.165, 1.54) is 12.0 Å². The van der Waals surface area contributed by atoms with Crippen molar-refractivity contribution in [1.29, 1.82) is 0 Å². The Kier molecular flexibility index (Phi) is 3.47. The number of anilines is 1. The molecule has 3 heteroatoms. The van der Waals surface area contributed by atoms with Gasteiger partial charge in [-0.25, -0.2) is 4.98 Å². The van der Waals surface area contributed by atoms with Gasteiger partial charge >= 0.3 is 0 Å². The van der Waals surface area contributed by atoms with Crippen molar-refractivity contribution < 1.29 is 0 Å². The molecule has 2 heterocycles. The topological polar surface area (TPSA) is 42.1 Å². The van der Waals surface area contributed by atoms with Crippen LogP contribution in [0.4, 0.5) is 5.82 Å². The summed E-state index contributed by atoms with van der Waals surface area (Å²) < 4.78 is 0. The third-order valence-corrected chi connectivity index (χ3v) is 3.78. The summed E-state index contributed by atoms with van der Waals surface area (Å²) in [6.45, 7) is 2.62. The molecule has 3 nitrogen and oxygen atoms in total. The van der Waals surface area contributed by atoms with Crippen LogP contribution < -0.4 is 10.6 Å². The van der Waals surface area contributed by atoms with Gasteiger partial charge in [0.2, 0.25) is 0 Å². The maximum absolute atomic E-state index is 5.65. The van der Waals surface area contributed by atoms with E-state index < -0.39 is 0 Å². The van der Waals surface area contributed by atoms with Gasteiger partial charge in [-0.2, -0.15) is 0 Å². The Balaban J connectivity index is 1.75. The lowest BCUT2D eigenvalue weighted by atomic mass is 9.99. The van der Waals surface area contributed by atoms with E-state index in [1.54, 1.807) is 0 Å². The molecule has 0 spiro atoms. The fraction of sp³-hybridized carbons (Fsp3) is 0.312. The average Bonchev–Trinajstić information content (AvgIpc) is 2.98. The zero-order valence-corrected chi connectivity index (χ0v) is 11.0. The number of nitrogens with zero attached hydrogens (tertiary/aromatic N) is 2. The molecule has 0 radical (unpaired) electrons. The highest BCUT2D eigenvalue weighted by Gasteiger charge is 2.24. The predicted octanol–water partition coefficient (Wildman–Crippen LogP) is 2.53. The van der Waals surface area contributed by atoms with E-state index in [2.05, 4.69) is 46.3 Å². The maximum Gasteiger partial charge on any atom is 0.128 e. The summed E-state index contributed by atoms with van der Waals surface area (Å²) in [5, 5.41) is 0. The number of aromatic nitrogens is 1. The van der Waals surface area contributed by atoms with Crippen LogP contribution in [0.3, 0.4) is 0 Å². The van der Waals surface area contributed by atoms with Crippen LogP contribution in [0.1, 0.15) is 23.6 Å². The van der Waals surface area contributed by atoms with Crippen LogP contribution in [0.25, 0.3) is 0 Å². The summed E-state index contributed by atoms with van der Waals surface area (Å²) >= 11 is 0. The minimum atomic E-state index is 0.504. The normalized spacial score (nSPS) is 18.8. The molecule has 0 amide bonds. The second kappa shape index (κ2) is 5.41. The standard InChI is InChI=1S/C16H19N3/c17-11-15-7-4-8-16(18-15)19-10-9-14(12-19)13-5-2-1-3-6-13/h1-8,14H,9-12,17H2. The van der Waals surface area contributed by atoms with Crippen LogP contribution in [-0.2, 0) is 6.54 Å². The molecule has 19 heavy (non-hydrogen) atoms. The largest absolute Gasteiger partial charge is 0.356 e. The summed E-state index contributed by atoms with van der Waals surface area (Å²) in [5.41, 5.74) is 8.04. The lowest BCUT2D eigenvalue weighted by Gasteiger charge is -2.18. The molecule has 3 rings (SSSR count). The van der Waals surface area contributed by atoms with Gasteiger partial charge in [0, 0.05) is 25.6 Å². The summed E-state index contributed by atoms with van der Waals surface area (Å²) in [6, 6.07) is 16.8. The molecule has 1 fully saturated rings. The molecule has 2 N–H and O–H groups in total. The molecular formula is C16H19N3. The van der Waals surface area contributed by atoms with Crippen molar-refractivity contribution in [3.05, 3.63) is 59.8 Å². The van der Waals surface area contributed by atoms with Gasteiger partial charge < -0.3 is 10.6 Å². The Morgan fingerprint density at radius 1 is 1.11 bits per heavy atom. The lowest BCUT2D eigenvalue weighted by Crippen LogP contribution is -2.21. The summed E-state index contributed by atoms with van der Waals surface area (Å²) in [5.74, 6) is 1.67. The van der Waals surface area contributed by atoms with Crippen molar-refractivity contribution in [2.75, 3.05) is 18.0 Å². The molecule has 1 aromatic carbocycles. The van der Waals surface area contributed by atoms with Crippen LogP contribution >= 0.6 is 0 Å². The number of rotatable bonds is 3. The lowest BCUT2D eigenvalue weighted by molar-refractivity contribution is 0.774. The number of pyridine rings is 1. The zero-order valence-electron chi connectivity index (χ0n) is 11.0.